The molecule has 3 aromatic rings. The molecule has 2 bridgehead atoms. The van der Waals surface area contributed by atoms with E-state index in [0.29, 0.717) is 29.9 Å². The van der Waals surface area contributed by atoms with Crippen molar-refractivity contribution >= 4 is 51.7 Å². The Bertz CT molecular complexity index is 1480. The maximum absolute atomic E-state index is 13.5. The fourth-order valence-corrected chi connectivity index (χ4v) is 5.84. The van der Waals surface area contributed by atoms with E-state index >= 15 is 0 Å². The predicted octanol–water partition coefficient (Wildman–Crippen LogP) is 4.50. The van der Waals surface area contributed by atoms with Crippen LogP contribution in [0.15, 0.2) is 54.6 Å². The molecule has 0 radical (unpaired) electrons. The summed E-state index contributed by atoms with van der Waals surface area (Å²) in [6, 6.07) is 16.5. The number of fused-ring (bicyclic) bond motifs is 6. The number of nitrogens with zero attached hydrogens (tertiary/aromatic N) is 4. The van der Waals surface area contributed by atoms with Crippen LogP contribution < -0.4 is 10.2 Å². The third-order valence-corrected chi connectivity index (χ3v) is 7.76. The molecule has 8 nitrogen and oxygen atoms in total. The highest BCUT2D eigenvalue weighted by Crippen LogP contribution is 2.44. The average Bonchev–Trinajstić information content (AvgIpc) is 3.53. The van der Waals surface area contributed by atoms with Crippen molar-refractivity contribution in [3.05, 3.63) is 70.7 Å². The number of anilines is 2. The first-order valence-corrected chi connectivity index (χ1v) is 11.7. The summed E-state index contributed by atoms with van der Waals surface area (Å²) in [6.07, 6.45) is 0.562. The van der Waals surface area contributed by atoms with Crippen LogP contribution in [0.5, 0.6) is 0 Å². The van der Waals surface area contributed by atoms with E-state index in [1.807, 2.05) is 48.5 Å². The lowest BCUT2D eigenvalue weighted by atomic mass is 10.1. The van der Waals surface area contributed by atoms with Gasteiger partial charge in [-0.25, -0.2) is 14.5 Å². The molecule has 6 rings (SSSR count). The molecule has 3 aliphatic heterocycles. The maximum Gasteiger partial charge on any atom is 0.332 e. The van der Waals surface area contributed by atoms with Gasteiger partial charge >= 0.3 is 12.1 Å². The second-order valence-corrected chi connectivity index (χ2v) is 9.44. The van der Waals surface area contributed by atoms with Gasteiger partial charge < -0.3 is 15.1 Å². The highest BCUT2D eigenvalue weighted by molar-refractivity contribution is 6.33. The van der Waals surface area contributed by atoms with Crippen LogP contribution in [-0.4, -0.2) is 52.4 Å². The monoisotopic (exact) mass is 485 g/mol. The van der Waals surface area contributed by atoms with Crippen molar-refractivity contribution in [2.45, 2.75) is 31.5 Å². The molecule has 0 unspecified atom stereocenters. The maximum atomic E-state index is 13.5. The largest absolute Gasteiger partial charge is 0.332 e. The van der Waals surface area contributed by atoms with Crippen LogP contribution in [0.25, 0.3) is 10.8 Å². The number of rotatable bonds is 2. The topological polar surface area (TPSA) is 96.8 Å². The van der Waals surface area contributed by atoms with Crippen LogP contribution in [0.2, 0.25) is 5.02 Å². The van der Waals surface area contributed by atoms with E-state index in [1.54, 1.807) is 22.8 Å². The van der Waals surface area contributed by atoms with Crippen molar-refractivity contribution in [1.82, 2.24) is 9.80 Å². The molecule has 174 valence electrons. The van der Waals surface area contributed by atoms with Crippen LogP contribution in [0.1, 0.15) is 17.5 Å². The number of amides is 5. The van der Waals surface area contributed by atoms with Gasteiger partial charge in [-0.15, -0.1) is 0 Å². The van der Waals surface area contributed by atoms with Crippen LogP contribution in [-0.2, 0) is 4.79 Å². The van der Waals surface area contributed by atoms with E-state index < -0.39 is 18.1 Å². The number of urea groups is 2. The van der Waals surface area contributed by atoms with Crippen molar-refractivity contribution in [2.75, 3.05) is 16.8 Å². The van der Waals surface area contributed by atoms with E-state index in [9.17, 15) is 19.6 Å². The van der Waals surface area contributed by atoms with Gasteiger partial charge in [0.1, 0.15) is 12.1 Å². The first-order chi connectivity index (χ1) is 16.9. The molecule has 0 aliphatic carbocycles. The predicted molar refractivity (Wildman–Crippen MR) is 131 cm³/mol. The molecule has 3 heterocycles. The van der Waals surface area contributed by atoms with Crippen molar-refractivity contribution < 1.29 is 14.4 Å². The lowest BCUT2D eigenvalue weighted by Gasteiger charge is -2.34. The molecule has 0 aromatic heterocycles. The highest BCUT2D eigenvalue weighted by Gasteiger charge is 2.63. The quantitative estimate of drug-likeness (QED) is 0.540. The summed E-state index contributed by atoms with van der Waals surface area (Å²) < 4.78 is 0. The number of hydrogen-bond donors (Lipinski definition) is 1. The first kappa shape index (κ1) is 21.4. The fourth-order valence-electron chi connectivity index (χ4n) is 5.64. The number of carbonyl (C=O) groups excluding carboxylic acids is 3. The van der Waals surface area contributed by atoms with Crippen molar-refractivity contribution in [3.63, 3.8) is 0 Å². The van der Waals surface area contributed by atoms with E-state index in [2.05, 4.69) is 5.32 Å². The zero-order valence-corrected chi connectivity index (χ0v) is 19.5. The van der Waals surface area contributed by atoms with E-state index in [1.165, 1.54) is 6.07 Å². The van der Waals surface area contributed by atoms with Crippen LogP contribution in [0, 0.1) is 18.3 Å². The smallest absolute Gasteiger partial charge is 0.317 e. The molecule has 5 amide bonds. The summed E-state index contributed by atoms with van der Waals surface area (Å²) in [7, 11) is 0. The number of halogens is 1. The Morgan fingerprint density at radius 2 is 1.89 bits per heavy atom. The Kier molecular flexibility index (Phi) is 4.73. The zero-order valence-electron chi connectivity index (χ0n) is 18.7. The Labute approximate surface area is 206 Å². The lowest BCUT2D eigenvalue weighted by molar-refractivity contribution is -0.120. The van der Waals surface area contributed by atoms with E-state index in [4.69, 9.17) is 11.6 Å². The van der Waals surface area contributed by atoms with Gasteiger partial charge in [-0.3, -0.25) is 4.79 Å². The van der Waals surface area contributed by atoms with E-state index in [-0.39, 0.29) is 28.6 Å². The first-order valence-electron chi connectivity index (χ1n) is 11.3. The summed E-state index contributed by atoms with van der Waals surface area (Å²) in [6.45, 7) is 2.04. The highest BCUT2D eigenvalue weighted by atomic mass is 35.5. The number of nitriles is 1. The average molecular weight is 486 g/mol. The summed E-state index contributed by atoms with van der Waals surface area (Å²) in [5.41, 5.74) is 1.84. The third kappa shape index (κ3) is 3.01. The molecule has 3 fully saturated rings. The molecule has 1 N–H and O–H groups in total. The second kappa shape index (κ2) is 7.72. The molecule has 3 aromatic carbocycles. The van der Waals surface area contributed by atoms with Crippen LogP contribution in [0.4, 0.5) is 21.0 Å². The molecule has 35 heavy (non-hydrogen) atoms. The van der Waals surface area contributed by atoms with Crippen LogP contribution in [0.3, 0.4) is 0 Å². The summed E-state index contributed by atoms with van der Waals surface area (Å²) in [5, 5.41) is 14.4. The Balaban J connectivity index is 1.28. The molecular weight excluding hydrogens is 466 g/mol. The Morgan fingerprint density at radius 1 is 1.11 bits per heavy atom. The number of carbonyl (C=O) groups is 3. The molecule has 3 aliphatic rings. The summed E-state index contributed by atoms with van der Waals surface area (Å²) in [4.78, 5) is 44.5. The molecule has 3 atom stereocenters. The zero-order chi connectivity index (χ0) is 24.4. The SMILES string of the molecule is Cc1c(N2C(=O)[C@@H]3[C@@H]4C[C@@H](CN4C(=O)Nc4cccc5ccccc45)N3C2=O)ccc(C#N)c1Cl. The van der Waals surface area contributed by atoms with Gasteiger partial charge in [-0.1, -0.05) is 48.0 Å². The summed E-state index contributed by atoms with van der Waals surface area (Å²) >= 11 is 6.30. The molecule has 0 spiro atoms. The number of likely N-dealkylation sites (tertiary alicyclic amines) is 1. The molecular formula is C26H20ClN5O3. The fraction of sp³-hybridized carbons (Fsp3) is 0.231. The third-order valence-electron chi connectivity index (χ3n) is 7.28. The second-order valence-electron chi connectivity index (χ2n) is 9.06. The Morgan fingerprint density at radius 3 is 2.69 bits per heavy atom. The Hall–Kier alpha value is -4.09. The van der Waals surface area contributed by atoms with Gasteiger partial charge in [-0.2, -0.15) is 5.26 Å². The minimum absolute atomic E-state index is 0.219. The van der Waals surface area contributed by atoms with Gasteiger partial charge in [0.25, 0.3) is 5.91 Å². The molecule has 0 saturated carbocycles. The minimum Gasteiger partial charge on any atom is -0.317 e. The number of benzene rings is 3. The summed E-state index contributed by atoms with van der Waals surface area (Å²) in [5.74, 6) is -0.381. The van der Waals surface area contributed by atoms with Gasteiger partial charge in [0, 0.05) is 11.9 Å². The number of nitrogens with one attached hydrogen (secondary N) is 1. The van der Waals surface area contributed by atoms with Crippen LogP contribution >= 0.6 is 11.6 Å². The van der Waals surface area contributed by atoms with Gasteiger partial charge in [0.15, 0.2) is 0 Å². The number of piperazine rings is 1. The minimum atomic E-state index is -0.742. The van der Waals surface area contributed by atoms with Crippen molar-refractivity contribution in [3.8, 4) is 6.07 Å². The molecule has 3 saturated heterocycles. The van der Waals surface area contributed by atoms with Crippen molar-refractivity contribution in [1.29, 1.82) is 5.26 Å². The van der Waals surface area contributed by atoms with E-state index in [0.717, 1.165) is 15.7 Å². The normalized spacial score (nSPS) is 22.7. The van der Waals surface area contributed by atoms with Gasteiger partial charge in [0.2, 0.25) is 0 Å². The van der Waals surface area contributed by atoms with Gasteiger partial charge in [0.05, 0.1) is 34.0 Å². The molecule has 9 heteroatoms. The lowest BCUT2D eigenvalue weighted by Crippen LogP contribution is -2.55. The van der Waals surface area contributed by atoms with Crippen molar-refractivity contribution in [2.24, 2.45) is 0 Å². The standard InChI is InChI=1S/C26H20ClN5O3/c1-14-20(10-9-16(12-28)22(14)27)32-24(33)23-21-11-17(31(23)26(32)35)13-30(21)25(34)29-19-8-4-6-15-5-2-3-7-18(15)19/h2-10,17,21,23H,11,13H2,1H3,(H,29,34)/t17-,21-,23-/m0/s1. The van der Waals surface area contributed by atoms with Gasteiger partial charge in [-0.05, 0) is 42.5 Å². The number of hydrogen-bond acceptors (Lipinski definition) is 4. The number of imide groups is 1.